The van der Waals surface area contributed by atoms with Gasteiger partial charge in [-0.3, -0.25) is 0 Å². The van der Waals surface area contributed by atoms with Crippen LogP contribution in [0.2, 0.25) is 0 Å². The van der Waals surface area contributed by atoms with E-state index in [0.717, 1.165) is 5.32 Å². The second kappa shape index (κ2) is 4.42. The minimum atomic E-state index is -3.51. The van der Waals surface area contributed by atoms with Crippen LogP contribution in [0.4, 0.5) is 26.3 Å². The van der Waals surface area contributed by atoms with Gasteiger partial charge in [0.1, 0.15) is 0 Å². The van der Waals surface area contributed by atoms with Crippen molar-refractivity contribution in [2.45, 2.75) is 25.4 Å². The number of hydrogen-bond acceptors (Lipinski definition) is 1. The van der Waals surface area contributed by atoms with Crippen LogP contribution in [-0.2, 0) is 0 Å². The molecule has 0 heterocycles. The molecule has 0 bridgehead atoms. The average Bonchev–Trinajstić information content (AvgIpc) is 1.87. The Labute approximate surface area is 58.4 Å². The summed E-state index contributed by atoms with van der Waals surface area (Å²) in [6.07, 6.45) is -13.1. The first kappa shape index (κ1) is 10.5. The number of hydrogen-bond donors (Lipinski definition) is 1. The molecule has 0 aliphatic carbocycles. The van der Waals surface area contributed by atoms with E-state index in [-0.39, 0.29) is 0 Å². The topological polar surface area (TPSA) is 12.0 Å². The van der Waals surface area contributed by atoms with Crippen molar-refractivity contribution in [1.82, 2.24) is 5.32 Å². The van der Waals surface area contributed by atoms with Crippen LogP contribution in [0.25, 0.3) is 0 Å². The molecule has 0 saturated heterocycles. The summed E-state index contributed by atoms with van der Waals surface area (Å²) in [6, 6.07) is 0. The molecule has 2 atom stereocenters. The molecule has 0 aliphatic rings. The zero-order valence-electron chi connectivity index (χ0n) is 5.08. The highest BCUT2D eigenvalue weighted by atomic mass is 19.3. The molecule has 7 heteroatoms. The zero-order valence-corrected chi connectivity index (χ0v) is 5.08. The molecule has 68 valence electrons. The van der Waals surface area contributed by atoms with Crippen molar-refractivity contribution in [3.63, 3.8) is 0 Å². The summed E-state index contributed by atoms with van der Waals surface area (Å²) in [7, 11) is 0. The lowest BCUT2D eigenvalue weighted by Gasteiger charge is -2.12. The van der Waals surface area contributed by atoms with E-state index in [9.17, 15) is 26.3 Å². The summed E-state index contributed by atoms with van der Waals surface area (Å²) in [4.78, 5) is 0. The van der Waals surface area contributed by atoms with E-state index in [0.29, 0.717) is 0 Å². The monoisotopic (exact) mass is 181 g/mol. The molecule has 0 aromatic heterocycles. The Kier molecular flexibility index (Phi) is 4.24. The van der Waals surface area contributed by atoms with Gasteiger partial charge >= 0.3 is 0 Å². The predicted molar refractivity (Wildman–Crippen MR) is 24.9 cm³/mol. The van der Waals surface area contributed by atoms with Crippen LogP contribution in [-0.4, -0.2) is 25.4 Å². The molecule has 0 saturated carbocycles. The molecule has 0 aliphatic heterocycles. The minimum Gasteiger partial charge on any atom is -0.248 e. The Morgan fingerprint density at radius 2 is 0.909 bits per heavy atom. The van der Waals surface area contributed by atoms with Gasteiger partial charge in [-0.15, -0.1) is 0 Å². The maximum atomic E-state index is 11.7. The summed E-state index contributed by atoms with van der Waals surface area (Å²) in [5.74, 6) is 0. The fourth-order valence-electron chi connectivity index (χ4n) is 0.298. The Morgan fingerprint density at radius 3 is 1.09 bits per heavy atom. The average molecular weight is 181 g/mol. The lowest BCUT2D eigenvalue weighted by Crippen LogP contribution is -2.41. The summed E-state index contributed by atoms with van der Waals surface area (Å²) in [5, 5.41) is 0.745. The second-order valence-electron chi connectivity index (χ2n) is 1.64. The molecule has 0 aromatic rings. The number of halogens is 6. The molecular weight excluding hydrogens is 176 g/mol. The third kappa shape index (κ3) is 4.07. The molecule has 0 aromatic carbocycles. The fraction of sp³-hybridized carbons (Fsp3) is 1.00. The van der Waals surface area contributed by atoms with Crippen LogP contribution >= 0.6 is 0 Å². The normalized spacial score (nSPS) is 17.5. The quantitative estimate of drug-likeness (QED) is 0.514. The van der Waals surface area contributed by atoms with Gasteiger partial charge in [0.05, 0.1) is 0 Å². The van der Waals surface area contributed by atoms with E-state index in [1.54, 1.807) is 0 Å². The second-order valence-corrected chi connectivity index (χ2v) is 1.64. The molecule has 0 amide bonds. The zero-order chi connectivity index (χ0) is 9.02. The summed E-state index contributed by atoms with van der Waals surface area (Å²) < 4.78 is 68.2. The fourth-order valence-corrected chi connectivity index (χ4v) is 0.298. The standard InChI is InChI=1S/C4H5F6N/c5-1(6)3(9)11-4(10)2(7)8/h1-4,11H. The number of alkyl halides is 6. The van der Waals surface area contributed by atoms with E-state index >= 15 is 0 Å². The van der Waals surface area contributed by atoms with Crippen molar-refractivity contribution in [3.05, 3.63) is 0 Å². The van der Waals surface area contributed by atoms with Gasteiger partial charge in [-0.1, -0.05) is 0 Å². The molecule has 0 radical (unpaired) electrons. The molecule has 0 spiro atoms. The summed E-state index contributed by atoms with van der Waals surface area (Å²) in [5.41, 5.74) is 0. The number of rotatable bonds is 4. The maximum Gasteiger partial charge on any atom is 0.282 e. The molecule has 1 N–H and O–H groups in total. The van der Waals surface area contributed by atoms with E-state index in [1.807, 2.05) is 0 Å². The van der Waals surface area contributed by atoms with E-state index in [1.165, 1.54) is 0 Å². The lowest BCUT2D eigenvalue weighted by atomic mass is 10.5. The van der Waals surface area contributed by atoms with Crippen molar-refractivity contribution in [3.8, 4) is 0 Å². The lowest BCUT2D eigenvalue weighted by molar-refractivity contribution is -0.0337. The van der Waals surface area contributed by atoms with Crippen LogP contribution in [0.3, 0.4) is 0 Å². The Balaban J connectivity index is 3.66. The van der Waals surface area contributed by atoms with Gasteiger partial charge in [-0.25, -0.2) is 31.7 Å². The van der Waals surface area contributed by atoms with Crippen molar-refractivity contribution < 1.29 is 26.3 Å². The van der Waals surface area contributed by atoms with Crippen LogP contribution in [0, 0.1) is 0 Å². The first-order valence-electron chi connectivity index (χ1n) is 2.55. The molecule has 0 rings (SSSR count). The predicted octanol–water partition coefficient (Wildman–Crippen LogP) is 1.70. The highest BCUT2D eigenvalue weighted by Crippen LogP contribution is 2.07. The maximum absolute atomic E-state index is 11.7. The van der Waals surface area contributed by atoms with Crippen molar-refractivity contribution >= 4 is 0 Å². The SMILES string of the molecule is FC(F)C(F)NC(F)C(F)F. The first-order valence-corrected chi connectivity index (χ1v) is 2.55. The summed E-state index contributed by atoms with van der Waals surface area (Å²) >= 11 is 0. The van der Waals surface area contributed by atoms with E-state index < -0.39 is 25.4 Å². The van der Waals surface area contributed by atoms with Crippen LogP contribution in [0.15, 0.2) is 0 Å². The smallest absolute Gasteiger partial charge is 0.248 e. The van der Waals surface area contributed by atoms with Crippen molar-refractivity contribution in [1.29, 1.82) is 0 Å². The van der Waals surface area contributed by atoms with Gasteiger partial charge in [0.25, 0.3) is 12.9 Å². The number of nitrogens with one attached hydrogen (secondary N) is 1. The molecule has 2 unspecified atom stereocenters. The highest BCUT2D eigenvalue weighted by Gasteiger charge is 2.27. The van der Waals surface area contributed by atoms with Gasteiger partial charge in [0.15, 0.2) is 0 Å². The van der Waals surface area contributed by atoms with Crippen molar-refractivity contribution in [2.24, 2.45) is 0 Å². The highest BCUT2D eigenvalue weighted by molar-refractivity contribution is 4.61. The van der Waals surface area contributed by atoms with Gasteiger partial charge < -0.3 is 0 Å². The molecule has 0 fully saturated rings. The Morgan fingerprint density at radius 1 is 0.636 bits per heavy atom. The molecule has 11 heavy (non-hydrogen) atoms. The van der Waals surface area contributed by atoms with Gasteiger partial charge in [0, 0.05) is 0 Å². The largest absolute Gasteiger partial charge is 0.282 e. The third-order valence-electron chi connectivity index (χ3n) is 0.761. The third-order valence-corrected chi connectivity index (χ3v) is 0.761. The van der Waals surface area contributed by atoms with Crippen LogP contribution < -0.4 is 5.32 Å². The van der Waals surface area contributed by atoms with Gasteiger partial charge in [0.2, 0.25) is 12.6 Å². The van der Waals surface area contributed by atoms with Gasteiger partial charge in [-0.2, -0.15) is 0 Å². The molecular formula is C4H5F6N. The first-order chi connectivity index (χ1) is 4.95. The van der Waals surface area contributed by atoms with Crippen LogP contribution in [0.5, 0.6) is 0 Å². The van der Waals surface area contributed by atoms with E-state index in [2.05, 4.69) is 0 Å². The summed E-state index contributed by atoms with van der Waals surface area (Å²) in [6.45, 7) is 0. The molecule has 1 nitrogen and oxygen atoms in total. The van der Waals surface area contributed by atoms with Crippen LogP contribution in [0.1, 0.15) is 0 Å². The van der Waals surface area contributed by atoms with Crippen molar-refractivity contribution in [2.75, 3.05) is 0 Å². The Hall–Kier alpha value is -0.460. The Bertz CT molecular complexity index is 94.8. The van der Waals surface area contributed by atoms with E-state index in [4.69, 9.17) is 0 Å². The van der Waals surface area contributed by atoms with Gasteiger partial charge in [-0.05, 0) is 0 Å². The minimum absolute atomic E-state index is 0.745.